The fourth-order valence-electron chi connectivity index (χ4n) is 2.67. The number of hydrogen-bond acceptors (Lipinski definition) is 3. The fourth-order valence-corrected chi connectivity index (χ4v) is 2.67. The van der Waals surface area contributed by atoms with Gasteiger partial charge in [-0.05, 0) is 24.5 Å². The average Bonchev–Trinajstić information content (AvgIpc) is 2.48. The van der Waals surface area contributed by atoms with Crippen molar-refractivity contribution in [3.8, 4) is 0 Å². The molecule has 1 atom stereocenters. The zero-order valence-corrected chi connectivity index (χ0v) is 11.0. The number of pyridine rings is 1. The number of rotatable bonds is 5. The molecule has 102 valence electrons. The van der Waals surface area contributed by atoms with Gasteiger partial charge in [-0.2, -0.15) is 0 Å². The second-order valence-electron chi connectivity index (χ2n) is 5.17. The van der Waals surface area contributed by atoms with Gasteiger partial charge in [0, 0.05) is 6.20 Å². The predicted octanol–water partition coefficient (Wildman–Crippen LogP) is 2.35. The van der Waals surface area contributed by atoms with E-state index in [1.165, 1.54) is 32.1 Å². The van der Waals surface area contributed by atoms with Crippen LogP contribution in [-0.4, -0.2) is 23.2 Å². The van der Waals surface area contributed by atoms with E-state index in [0.29, 0.717) is 11.6 Å². The van der Waals surface area contributed by atoms with Gasteiger partial charge in [0.25, 0.3) is 5.91 Å². The Bertz CT molecular complexity index is 413. The van der Waals surface area contributed by atoms with Crippen molar-refractivity contribution in [1.29, 1.82) is 0 Å². The monoisotopic (exact) mass is 260 g/mol. The highest BCUT2D eigenvalue weighted by Gasteiger charge is 2.20. The molecule has 4 nitrogen and oxygen atoms in total. The normalized spacial score (nSPS) is 17.7. The summed E-state index contributed by atoms with van der Waals surface area (Å²) in [5, 5.41) is 2.76. The first-order valence-corrected chi connectivity index (χ1v) is 6.97. The molecule has 1 amide bonds. The Balaban J connectivity index is 1.88. The molecule has 1 aliphatic rings. The number of nitrogens with zero attached hydrogens (tertiary/aromatic N) is 1. The Morgan fingerprint density at radius 1 is 1.37 bits per heavy atom. The smallest absolute Gasteiger partial charge is 0.270 e. The van der Waals surface area contributed by atoms with Gasteiger partial charge in [0.15, 0.2) is 0 Å². The fraction of sp³-hybridized carbons (Fsp3) is 0.533. The average molecular weight is 260 g/mol. The van der Waals surface area contributed by atoms with Crippen LogP contribution in [0, 0.1) is 5.92 Å². The maximum atomic E-state index is 11.9. The first-order valence-electron chi connectivity index (χ1n) is 6.97. The molecule has 0 spiro atoms. The van der Waals surface area contributed by atoms with Crippen LogP contribution in [0.4, 0.5) is 0 Å². The molecule has 0 aliphatic heterocycles. The van der Waals surface area contributed by atoms with E-state index >= 15 is 0 Å². The third kappa shape index (κ3) is 4.16. The Hall–Kier alpha value is -1.71. The third-order valence-corrected chi connectivity index (χ3v) is 3.69. The number of aldehydes is 1. The Morgan fingerprint density at radius 2 is 2.16 bits per heavy atom. The molecule has 1 aliphatic carbocycles. The molecule has 1 aromatic heterocycles. The number of amides is 1. The number of carbonyl (C=O) groups excluding carboxylic acids is 2. The summed E-state index contributed by atoms with van der Waals surface area (Å²) in [5.74, 6) is 0.293. The first-order chi connectivity index (χ1) is 9.29. The number of hydrogen-bond donors (Lipinski definition) is 1. The molecular weight excluding hydrogens is 240 g/mol. The largest absolute Gasteiger partial charge is 0.341 e. The number of nitrogens with one attached hydrogen (secondary N) is 1. The van der Waals surface area contributed by atoms with Crippen molar-refractivity contribution < 1.29 is 9.59 Å². The minimum absolute atomic E-state index is 0.270. The van der Waals surface area contributed by atoms with Gasteiger partial charge >= 0.3 is 0 Å². The van der Waals surface area contributed by atoms with E-state index in [-0.39, 0.29) is 5.91 Å². The molecule has 1 heterocycles. The molecule has 2 rings (SSSR count). The SMILES string of the molecule is O=CC(CC1CCCCC1)NC(=O)c1ccccn1. The van der Waals surface area contributed by atoms with Gasteiger partial charge in [0.2, 0.25) is 0 Å². The predicted molar refractivity (Wildman–Crippen MR) is 72.7 cm³/mol. The topological polar surface area (TPSA) is 59.1 Å². The van der Waals surface area contributed by atoms with E-state index in [0.717, 1.165) is 12.7 Å². The Kier molecular flexibility index (Phi) is 5.07. The molecule has 19 heavy (non-hydrogen) atoms. The van der Waals surface area contributed by atoms with Gasteiger partial charge < -0.3 is 10.1 Å². The quantitative estimate of drug-likeness (QED) is 0.827. The van der Waals surface area contributed by atoms with Gasteiger partial charge in [-0.1, -0.05) is 38.2 Å². The third-order valence-electron chi connectivity index (χ3n) is 3.69. The minimum atomic E-state index is -0.391. The highest BCUT2D eigenvalue weighted by Crippen LogP contribution is 2.27. The summed E-state index contributed by atoms with van der Waals surface area (Å²) < 4.78 is 0. The van der Waals surface area contributed by atoms with Crippen LogP contribution in [0.5, 0.6) is 0 Å². The molecule has 0 radical (unpaired) electrons. The van der Waals surface area contributed by atoms with Crippen molar-refractivity contribution in [3.05, 3.63) is 30.1 Å². The lowest BCUT2D eigenvalue weighted by molar-refractivity contribution is -0.109. The van der Waals surface area contributed by atoms with Gasteiger partial charge in [-0.3, -0.25) is 9.78 Å². The zero-order valence-electron chi connectivity index (χ0n) is 11.0. The second kappa shape index (κ2) is 7.02. The Labute approximate surface area is 113 Å². The van der Waals surface area contributed by atoms with E-state index in [2.05, 4.69) is 10.3 Å². The van der Waals surface area contributed by atoms with Gasteiger partial charge in [-0.25, -0.2) is 0 Å². The summed E-state index contributed by atoms with van der Waals surface area (Å²) in [6.07, 6.45) is 9.29. The van der Waals surface area contributed by atoms with Crippen molar-refractivity contribution in [2.45, 2.75) is 44.6 Å². The van der Waals surface area contributed by atoms with Gasteiger partial charge in [0.1, 0.15) is 12.0 Å². The highest BCUT2D eigenvalue weighted by atomic mass is 16.2. The highest BCUT2D eigenvalue weighted by molar-refractivity contribution is 5.93. The minimum Gasteiger partial charge on any atom is -0.341 e. The van der Waals surface area contributed by atoms with Crippen LogP contribution in [-0.2, 0) is 4.79 Å². The summed E-state index contributed by atoms with van der Waals surface area (Å²) >= 11 is 0. The van der Waals surface area contributed by atoms with Crippen LogP contribution in [0.2, 0.25) is 0 Å². The van der Waals surface area contributed by atoms with Crippen molar-refractivity contribution in [2.75, 3.05) is 0 Å². The molecule has 1 aromatic rings. The van der Waals surface area contributed by atoms with E-state index in [9.17, 15) is 9.59 Å². The lowest BCUT2D eigenvalue weighted by Gasteiger charge is -2.24. The lowest BCUT2D eigenvalue weighted by atomic mass is 9.85. The van der Waals surface area contributed by atoms with E-state index < -0.39 is 6.04 Å². The standard InChI is InChI=1S/C15H20N2O2/c18-11-13(10-12-6-2-1-3-7-12)17-15(19)14-8-4-5-9-16-14/h4-5,8-9,11-13H,1-3,6-7,10H2,(H,17,19). The molecule has 1 N–H and O–H groups in total. The maximum Gasteiger partial charge on any atom is 0.270 e. The van der Waals surface area contributed by atoms with Crippen LogP contribution in [0.15, 0.2) is 24.4 Å². The summed E-state index contributed by atoms with van der Waals surface area (Å²) in [6.45, 7) is 0. The van der Waals surface area contributed by atoms with Crippen molar-refractivity contribution in [1.82, 2.24) is 10.3 Å². The lowest BCUT2D eigenvalue weighted by Crippen LogP contribution is -2.38. The van der Waals surface area contributed by atoms with Gasteiger partial charge in [0.05, 0.1) is 6.04 Å². The van der Waals surface area contributed by atoms with Crippen molar-refractivity contribution in [2.24, 2.45) is 5.92 Å². The number of aromatic nitrogens is 1. The van der Waals surface area contributed by atoms with E-state index in [1.807, 2.05) is 0 Å². The molecule has 4 heteroatoms. The zero-order chi connectivity index (χ0) is 13.5. The van der Waals surface area contributed by atoms with Crippen molar-refractivity contribution >= 4 is 12.2 Å². The van der Waals surface area contributed by atoms with Crippen LogP contribution in [0.25, 0.3) is 0 Å². The van der Waals surface area contributed by atoms with E-state index in [1.54, 1.807) is 24.4 Å². The van der Waals surface area contributed by atoms with Crippen LogP contribution in [0.1, 0.15) is 49.0 Å². The molecule has 0 bridgehead atoms. The molecule has 0 aromatic carbocycles. The maximum absolute atomic E-state index is 11.9. The van der Waals surface area contributed by atoms with Crippen LogP contribution in [0.3, 0.4) is 0 Å². The van der Waals surface area contributed by atoms with E-state index in [4.69, 9.17) is 0 Å². The summed E-state index contributed by atoms with van der Waals surface area (Å²) in [4.78, 5) is 27.0. The molecular formula is C15H20N2O2. The Morgan fingerprint density at radius 3 is 2.79 bits per heavy atom. The summed E-state index contributed by atoms with van der Waals surface area (Å²) in [6, 6.07) is 4.78. The molecule has 1 fully saturated rings. The first kappa shape index (κ1) is 13.7. The van der Waals surface area contributed by atoms with Crippen LogP contribution >= 0.6 is 0 Å². The van der Waals surface area contributed by atoms with Crippen LogP contribution < -0.4 is 5.32 Å². The summed E-state index contributed by atoms with van der Waals surface area (Å²) in [7, 11) is 0. The number of carbonyl (C=O) groups is 2. The molecule has 1 saturated carbocycles. The second-order valence-corrected chi connectivity index (χ2v) is 5.17. The molecule has 1 unspecified atom stereocenters. The summed E-state index contributed by atoms with van der Waals surface area (Å²) in [5.41, 5.74) is 0.359. The van der Waals surface area contributed by atoms with Gasteiger partial charge in [-0.15, -0.1) is 0 Å². The van der Waals surface area contributed by atoms with Crippen molar-refractivity contribution in [3.63, 3.8) is 0 Å². The molecule has 0 saturated heterocycles.